The molecule has 2 aromatic rings. The predicted octanol–water partition coefficient (Wildman–Crippen LogP) is 2.74. The smallest absolute Gasteiger partial charge is 0.168 e. The summed E-state index contributed by atoms with van der Waals surface area (Å²) in [6.45, 7) is 5.65. The number of ether oxygens (including phenoxy) is 1. The van der Waals surface area contributed by atoms with Crippen molar-refractivity contribution in [3.63, 3.8) is 0 Å². The monoisotopic (exact) mass is 289 g/mol. The molecule has 0 atom stereocenters. The van der Waals surface area contributed by atoms with Gasteiger partial charge in [0.05, 0.1) is 18.5 Å². The number of methoxy groups -OCH3 is 1. The SMILES string of the molecule is COc1c(C)cc(C)cc1-c1nc2n(c1CN)CCS2. The topological polar surface area (TPSA) is 53.1 Å². The van der Waals surface area contributed by atoms with Gasteiger partial charge in [0.25, 0.3) is 0 Å². The standard InChI is InChI=1S/C15H19N3OS/c1-9-6-10(2)14(19-3)11(7-9)13-12(8-16)18-4-5-20-15(18)17-13/h6-7H,4-5,8,16H2,1-3H3. The molecule has 4 nitrogen and oxygen atoms in total. The van der Waals surface area contributed by atoms with E-state index in [1.165, 1.54) is 5.56 Å². The van der Waals surface area contributed by atoms with E-state index in [-0.39, 0.29) is 0 Å². The van der Waals surface area contributed by atoms with Crippen molar-refractivity contribution in [1.29, 1.82) is 0 Å². The van der Waals surface area contributed by atoms with E-state index in [1.54, 1.807) is 18.9 Å². The molecular weight excluding hydrogens is 270 g/mol. The molecule has 0 saturated heterocycles. The zero-order valence-corrected chi connectivity index (χ0v) is 12.9. The van der Waals surface area contributed by atoms with Crippen LogP contribution in [0.4, 0.5) is 0 Å². The van der Waals surface area contributed by atoms with Crippen LogP contribution in [0.3, 0.4) is 0 Å². The van der Waals surface area contributed by atoms with Gasteiger partial charge in [-0.3, -0.25) is 0 Å². The lowest BCUT2D eigenvalue weighted by molar-refractivity contribution is 0.413. The first-order chi connectivity index (χ1) is 9.65. The van der Waals surface area contributed by atoms with Gasteiger partial charge in [-0.15, -0.1) is 0 Å². The third-order valence-corrected chi connectivity index (χ3v) is 4.61. The second-order valence-corrected chi connectivity index (χ2v) is 6.12. The molecule has 0 bridgehead atoms. The Bertz CT molecular complexity index is 664. The molecule has 1 aromatic heterocycles. The Kier molecular flexibility index (Phi) is 3.48. The molecule has 0 spiro atoms. The van der Waals surface area contributed by atoms with Crippen LogP contribution in [0.25, 0.3) is 11.3 Å². The first-order valence-electron chi connectivity index (χ1n) is 6.73. The van der Waals surface area contributed by atoms with Crippen LogP contribution in [-0.2, 0) is 13.1 Å². The molecule has 2 heterocycles. The van der Waals surface area contributed by atoms with Gasteiger partial charge >= 0.3 is 0 Å². The average molecular weight is 289 g/mol. The fraction of sp³-hybridized carbons (Fsp3) is 0.400. The van der Waals surface area contributed by atoms with Crippen molar-refractivity contribution in [2.75, 3.05) is 12.9 Å². The van der Waals surface area contributed by atoms with Crippen molar-refractivity contribution in [3.05, 3.63) is 29.0 Å². The highest BCUT2D eigenvalue weighted by molar-refractivity contribution is 7.99. The summed E-state index contributed by atoms with van der Waals surface area (Å²) in [7, 11) is 1.71. The summed E-state index contributed by atoms with van der Waals surface area (Å²) >= 11 is 1.79. The van der Waals surface area contributed by atoms with Crippen LogP contribution in [0.2, 0.25) is 0 Å². The Morgan fingerprint density at radius 2 is 2.20 bits per heavy atom. The minimum Gasteiger partial charge on any atom is -0.496 e. The normalized spacial score (nSPS) is 13.6. The Hall–Kier alpha value is -1.46. The molecule has 0 unspecified atom stereocenters. The van der Waals surface area contributed by atoms with E-state index in [1.807, 2.05) is 0 Å². The van der Waals surface area contributed by atoms with E-state index in [9.17, 15) is 0 Å². The van der Waals surface area contributed by atoms with Gasteiger partial charge in [0, 0.05) is 24.4 Å². The number of aromatic nitrogens is 2. The van der Waals surface area contributed by atoms with Crippen LogP contribution in [-0.4, -0.2) is 22.4 Å². The van der Waals surface area contributed by atoms with Crippen molar-refractivity contribution < 1.29 is 4.74 Å². The van der Waals surface area contributed by atoms with Crippen LogP contribution in [0.15, 0.2) is 17.3 Å². The lowest BCUT2D eigenvalue weighted by atomic mass is 10.0. The maximum atomic E-state index is 5.96. The zero-order valence-electron chi connectivity index (χ0n) is 12.1. The predicted molar refractivity (Wildman–Crippen MR) is 82.3 cm³/mol. The number of thioether (sulfide) groups is 1. The molecule has 0 aliphatic carbocycles. The number of imidazole rings is 1. The van der Waals surface area contributed by atoms with Crippen molar-refractivity contribution in [2.45, 2.75) is 32.1 Å². The lowest BCUT2D eigenvalue weighted by Gasteiger charge is -2.13. The number of hydrogen-bond acceptors (Lipinski definition) is 4. The minimum atomic E-state index is 0.499. The summed E-state index contributed by atoms with van der Waals surface area (Å²) in [6, 6.07) is 4.26. The Balaban J connectivity index is 2.24. The van der Waals surface area contributed by atoms with Gasteiger partial charge in [0.1, 0.15) is 5.75 Å². The molecule has 2 N–H and O–H groups in total. The van der Waals surface area contributed by atoms with Gasteiger partial charge in [-0.05, 0) is 31.0 Å². The number of nitrogens with two attached hydrogens (primary N) is 1. The largest absolute Gasteiger partial charge is 0.496 e. The highest BCUT2D eigenvalue weighted by Gasteiger charge is 2.24. The number of rotatable bonds is 3. The van der Waals surface area contributed by atoms with Crippen LogP contribution < -0.4 is 10.5 Å². The highest BCUT2D eigenvalue weighted by Crippen LogP contribution is 2.38. The Labute approximate surface area is 123 Å². The fourth-order valence-corrected chi connectivity index (χ4v) is 3.83. The van der Waals surface area contributed by atoms with E-state index in [4.69, 9.17) is 15.5 Å². The maximum Gasteiger partial charge on any atom is 0.168 e. The second-order valence-electron chi connectivity index (χ2n) is 5.06. The van der Waals surface area contributed by atoms with E-state index in [0.29, 0.717) is 6.54 Å². The van der Waals surface area contributed by atoms with Gasteiger partial charge in [0.2, 0.25) is 0 Å². The average Bonchev–Trinajstić information content (AvgIpc) is 2.97. The van der Waals surface area contributed by atoms with Gasteiger partial charge < -0.3 is 15.0 Å². The van der Waals surface area contributed by atoms with Gasteiger partial charge in [0.15, 0.2) is 5.16 Å². The Morgan fingerprint density at radius 1 is 1.40 bits per heavy atom. The van der Waals surface area contributed by atoms with Gasteiger partial charge in [-0.2, -0.15) is 0 Å². The van der Waals surface area contributed by atoms with Crippen molar-refractivity contribution in [3.8, 4) is 17.0 Å². The number of hydrogen-bond donors (Lipinski definition) is 1. The van der Waals surface area contributed by atoms with Crippen molar-refractivity contribution >= 4 is 11.8 Å². The molecule has 0 fully saturated rings. The molecule has 0 radical (unpaired) electrons. The number of aryl methyl sites for hydroxylation is 2. The van der Waals surface area contributed by atoms with E-state index in [0.717, 1.165) is 45.7 Å². The summed E-state index contributed by atoms with van der Waals surface area (Å²) in [5, 5.41) is 1.07. The number of benzene rings is 1. The van der Waals surface area contributed by atoms with Gasteiger partial charge in [-0.25, -0.2) is 4.98 Å². The van der Waals surface area contributed by atoms with Crippen molar-refractivity contribution in [2.24, 2.45) is 5.73 Å². The molecule has 20 heavy (non-hydrogen) atoms. The fourth-order valence-electron chi connectivity index (χ4n) is 2.86. The third kappa shape index (κ3) is 2.01. The number of nitrogens with zero attached hydrogens (tertiary/aromatic N) is 2. The van der Waals surface area contributed by atoms with E-state index in [2.05, 4.69) is 30.5 Å². The highest BCUT2D eigenvalue weighted by atomic mass is 32.2. The molecule has 0 saturated carbocycles. The van der Waals surface area contributed by atoms with E-state index >= 15 is 0 Å². The third-order valence-electron chi connectivity index (χ3n) is 3.66. The maximum absolute atomic E-state index is 5.96. The van der Waals surface area contributed by atoms with E-state index < -0.39 is 0 Å². The summed E-state index contributed by atoms with van der Waals surface area (Å²) in [4.78, 5) is 4.79. The molecule has 106 valence electrons. The lowest BCUT2D eigenvalue weighted by Crippen LogP contribution is -2.07. The summed E-state index contributed by atoms with van der Waals surface area (Å²) in [5.74, 6) is 1.98. The zero-order chi connectivity index (χ0) is 14.3. The summed E-state index contributed by atoms with van der Waals surface area (Å²) in [5.41, 5.74) is 11.4. The second kappa shape index (κ2) is 5.14. The van der Waals surface area contributed by atoms with Crippen LogP contribution in [0.5, 0.6) is 5.75 Å². The number of fused-ring (bicyclic) bond motifs is 1. The first kappa shape index (κ1) is 13.5. The molecule has 0 amide bonds. The molecule has 3 rings (SSSR count). The van der Waals surface area contributed by atoms with Crippen molar-refractivity contribution in [1.82, 2.24) is 9.55 Å². The molecular formula is C15H19N3OS. The summed E-state index contributed by atoms with van der Waals surface area (Å²) in [6.07, 6.45) is 0. The first-order valence-corrected chi connectivity index (χ1v) is 7.72. The quantitative estimate of drug-likeness (QED) is 0.944. The van der Waals surface area contributed by atoms with Crippen LogP contribution in [0, 0.1) is 13.8 Å². The van der Waals surface area contributed by atoms with Crippen LogP contribution in [0.1, 0.15) is 16.8 Å². The molecule has 5 heteroatoms. The van der Waals surface area contributed by atoms with Crippen LogP contribution >= 0.6 is 11.8 Å². The molecule has 1 aliphatic heterocycles. The summed E-state index contributed by atoms with van der Waals surface area (Å²) < 4.78 is 7.82. The molecule has 1 aromatic carbocycles. The molecule has 1 aliphatic rings. The Morgan fingerprint density at radius 3 is 2.90 bits per heavy atom. The van der Waals surface area contributed by atoms with Gasteiger partial charge in [-0.1, -0.05) is 17.8 Å². The minimum absolute atomic E-state index is 0.499.